The van der Waals surface area contributed by atoms with Crippen molar-refractivity contribution in [3.05, 3.63) is 12.2 Å². The first kappa shape index (κ1) is 52.2. The zero-order chi connectivity index (χ0) is 39.8. The Balaban J connectivity index is 4.42. The van der Waals surface area contributed by atoms with Crippen molar-refractivity contribution in [2.24, 2.45) is 5.73 Å². The molecule has 54 heavy (non-hydrogen) atoms. The maximum Gasteiger partial charge on any atom is 0.307 e. The molecular formula is C44H85N3O7. The maximum absolute atomic E-state index is 12.7. The molecule has 318 valence electrons. The van der Waals surface area contributed by atoms with Crippen molar-refractivity contribution in [1.82, 2.24) is 10.9 Å². The smallest absolute Gasteiger partial charge is 0.307 e. The number of hydrazine groups is 1. The number of aldehydes is 1. The Morgan fingerprint density at radius 3 is 1.57 bits per heavy atom. The predicted molar refractivity (Wildman–Crippen MR) is 222 cm³/mol. The third kappa shape index (κ3) is 35.8. The molecule has 0 rings (SSSR count). The first-order chi connectivity index (χ1) is 26.3. The van der Waals surface area contributed by atoms with E-state index in [1.807, 2.05) is 6.08 Å². The molecule has 0 aromatic carbocycles. The van der Waals surface area contributed by atoms with Crippen LogP contribution in [-0.4, -0.2) is 61.6 Å². The summed E-state index contributed by atoms with van der Waals surface area (Å²) < 4.78 is 17.3. The molecule has 0 aromatic rings. The Labute approximate surface area is 331 Å². The zero-order valence-corrected chi connectivity index (χ0v) is 35.2. The summed E-state index contributed by atoms with van der Waals surface area (Å²) >= 11 is 0. The monoisotopic (exact) mass is 768 g/mol. The van der Waals surface area contributed by atoms with Crippen LogP contribution in [0.15, 0.2) is 12.2 Å². The molecule has 0 spiro atoms. The van der Waals surface area contributed by atoms with E-state index in [2.05, 4.69) is 30.8 Å². The van der Waals surface area contributed by atoms with Crippen LogP contribution in [0.1, 0.15) is 213 Å². The molecule has 0 aliphatic carbocycles. The highest BCUT2D eigenvalue weighted by Gasteiger charge is 2.28. The van der Waals surface area contributed by atoms with Gasteiger partial charge >= 0.3 is 11.9 Å². The summed E-state index contributed by atoms with van der Waals surface area (Å²) in [5.41, 5.74) is 9.38. The van der Waals surface area contributed by atoms with Crippen molar-refractivity contribution in [2.75, 3.05) is 20.3 Å². The highest BCUT2D eigenvalue weighted by atomic mass is 16.7. The van der Waals surface area contributed by atoms with Crippen LogP contribution >= 0.6 is 0 Å². The molecule has 0 aliphatic rings. The van der Waals surface area contributed by atoms with Crippen molar-refractivity contribution in [1.29, 1.82) is 0 Å². The molecule has 3 unspecified atom stereocenters. The molecule has 0 heterocycles. The molecule has 0 amide bonds. The minimum absolute atomic E-state index is 0.0578. The Morgan fingerprint density at radius 1 is 0.685 bits per heavy atom. The van der Waals surface area contributed by atoms with Gasteiger partial charge in [0.2, 0.25) is 0 Å². The number of hydrogen-bond acceptors (Lipinski definition) is 9. The van der Waals surface area contributed by atoms with Crippen LogP contribution in [0.2, 0.25) is 0 Å². The van der Waals surface area contributed by atoms with E-state index in [1.165, 1.54) is 154 Å². The Bertz CT molecular complexity index is 890. The minimum Gasteiger partial charge on any atom is -0.481 e. The number of nitrogens with two attached hydrogens (primary N) is 1. The second-order valence-electron chi connectivity index (χ2n) is 15.4. The van der Waals surface area contributed by atoms with Crippen LogP contribution in [0.3, 0.4) is 0 Å². The van der Waals surface area contributed by atoms with Crippen LogP contribution in [0.4, 0.5) is 0 Å². The molecule has 0 aliphatic heterocycles. The van der Waals surface area contributed by atoms with E-state index in [-0.39, 0.29) is 25.5 Å². The molecular weight excluding hydrogens is 682 g/mol. The highest BCUT2D eigenvalue weighted by Crippen LogP contribution is 2.16. The lowest BCUT2D eigenvalue weighted by Gasteiger charge is -2.26. The quantitative estimate of drug-likeness (QED) is 0.0118. The molecule has 0 fully saturated rings. The van der Waals surface area contributed by atoms with Crippen LogP contribution in [0, 0.1) is 0 Å². The first-order valence-corrected chi connectivity index (χ1v) is 22.3. The van der Waals surface area contributed by atoms with Gasteiger partial charge in [-0.3, -0.25) is 19.8 Å². The van der Waals surface area contributed by atoms with Gasteiger partial charge in [-0.2, -0.15) is 0 Å². The van der Waals surface area contributed by atoms with E-state index in [0.29, 0.717) is 12.7 Å². The third-order valence-corrected chi connectivity index (χ3v) is 10.0. The van der Waals surface area contributed by atoms with Crippen LogP contribution in [0.25, 0.3) is 0 Å². The summed E-state index contributed by atoms with van der Waals surface area (Å²) in [6.07, 6.45) is 39.5. The largest absolute Gasteiger partial charge is 0.481 e. The van der Waals surface area contributed by atoms with Gasteiger partial charge in [-0.05, 0) is 32.1 Å². The summed E-state index contributed by atoms with van der Waals surface area (Å²) in [4.78, 5) is 35.3. The lowest BCUT2D eigenvalue weighted by atomic mass is 10.0. The summed E-state index contributed by atoms with van der Waals surface area (Å²) in [5.74, 6) is -1.58. The van der Waals surface area contributed by atoms with Gasteiger partial charge < -0.3 is 25.1 Å². The number of carbonyl (C=O) groups is 3. The molecule has 10 nitrogen and oxygen atoms in total. The Morgan fingerprint density at radius 2 is 1.13 bits per heavy atom. The van der Waals surface area contributed by atoms with Crippen molar-refractivity contribution in [2.45, 2.75) is 231 Å². The van der Waals surface area contributed by atoms with Gasteiger partial charge in [-0.15, -0.1) is 0 Å². The number of nitrogens with one attached hydrogen (secondary N) is 2. The van der Waals surface area contributed by atoms with E-state index in [9.17, 15) is 14.4 Å². The first-order valence-electron chi connectivity index (χ1n) is 22.3. The van der Waals surface area contributed by atoms with Crippen LogP contribution < -0.4 is 16.6 Å². The fourth-order valence-corrected chi connectivity index (χ4v) is 6.60. The summed E-state index contributed by atoms with van der Waals surface area (Å²) in [5, 5.41) is 9.10. The summed E-state index contributed by atoms with van der Waals surface area (Å²) in [6, 6.07) is 0. The average Bonchev–Trinajstić information content (AvgIpc) is 3.15. The SMILES string of the molecule is CCCCCCCCCCCCC/C=C/CCC(=O)OC(CNNC(N)(C=O)CC(=O)O)COC(CCCCCCCCCCCCCCCCC)OC. The van der Waals surface area contributed by atoms with E-state index in [1.54, 1.807) is 7.11 Å². The van der Waals surface area contributed by atoms with Crippen molar-refractivity contribution < 1.29 is 33.7 Å². The predicted octanol–water partition coefficient (Wildman–Crippen LogP) is 10.6. The molecule has 0 saturated carbocycles. The van der Waals surface area contributed by atoms with E-state index in [4.69, 9.17) is 25.1 Å². The Hall–Kier alpha value is -1.85. The lowest BCUT2D eigenvalue weighted by Crippen LogP contribution is -2.62. The lowest BCUT2D eigenvalue weighted by molar-refractivity contribution is -0.168. The number of hydrogen-bond donors (Lipinski definition) is 4. The Kier molecular flexibility index (Phi) is 38.0. The van der Waals surface area contributed by atoms with Gasteiger partial charge in [0.05, 0.1) is 13.0 Å². The molecule has 0 radical (unpaired) electrons. The fourth-order valence-electron chi connectivity index (χ4n) is 6.60. The van der Waals surface area contributed by atoms with Crippen LogP contribution in [0.5, 0.6) is 0 Å². The van der Waals surface area contributed by atoms with E-state index >= 15 is 0 Å². The van der Waals surface area contributed by atoms with Crippen molar-refractivity contribution >= 4 is 18.2 Å². The second-order valence-corrected chi connectivity index (χ2v) is 15.4. The van der Waals surface area contributed by atoms with Crippen molar-refractivity contribution in [3.8, 4) is 0 Å². The molecule has 0 aromatic heterocycles. The number of esters is 1. The minimum atomic E-state index is -1.80. The third-order valence-electron chi connectivity index (χ3n) is 10.0. The average molecular weight is 768 g/mol. The highest BCUT2D eigenvalue weighted by molar-refractivity contribution is 5.76. The van der Waals surface area contributed by atoms with Gasteiger partial charge in [-0.25, -0.2) is 5.43 Å². The van der Waals surface area contributed by atoms with Gasteiger partial charge in [0.25, 0.3) is 0 Å². The van der Waals surface area contributed by atoms with Gasteiger partial charge in [-0.1, -0.05) is 180 Å². The van der Waals surface area contributed by atoms with E-state index in [0.717, 1.165) is 25.7 Å². The topological polar surface area (TPSA) is 149 Å². The zero-order valence-electron chi connectivity index (χ0n) is 35.2. The van der Waals surface area contributed by atoms with E-state index < -0.39 is 30.4 Å². The number of ether oxygens (including phenoxy) is 3. The number of unbranched alkanes of at least 4 members (excludes halogenated alkanes) is 25. The number of allylic oxidation sites excluding steroid dienone is 2. The number of aliphatic carboxylic acids is 1. The fraction of sp³-hybridized carbons (Fsp3) is 0.886. The standard InChI is InChI=1S/C44H85N3O7/c1-4-6-8-10-12-14-16-18-20-22-24-26-28-30-32-34-42(51)54-40(37-46-47-44(45,39-48)36-41(49)50)38-53-43(52-3)35-33-31-29-27-25-23-21-19-17-15-13-11-9-7-5-2/h28,30,39-40,43,46-47H,4-27,29,31-38,45H2,1-3H3,(H,49,50)/b30-28+. The molecule has 10 heteroatoms. The normalized spacial score (nSPS) is 13.9. The number of carbonyl (C=O) groups excluding carboxylic acids is 2. The molecule has 5 N–H and O–H groups in total. The number of rotatable bonds is 43. The summed E-state index contributed by atoms with van der Waals surface area (Å²) in [7, 11) is 1.61. The summed E-state index contributed by atoms with van der Waals surface area (Å²) in [6.45, 7) is 4.66. The molecule has 0 bridgehead atoms. The number of methoxy groups -OCH3 is 1. The molecule has 3 atom stereocenters. The van der Waals surface area contributed by atoms with Gasteiger partial charge in [0.15, 0.2) is 12.6 Å². The number of carboxylic acids is 1. The molecule has 0 saturated heterocycles. The van der Waals surface area contributed by atoms with Gasteiger partial charge in [0, 0.05) is 20.1 Å². The van der Waals surface area contributed by atoms with Crippen molar-refractivity contribution in [3.63, 3.8) is 0 Å². The number of carboxylic acid groups (broad SMARTS) is 1. The maximum atomic E-state index is 12.7. The van der Waals surface area contributed by atoms with Crippen LogP contribution in [-0.2, 0) is 28.6 Å². The second kappa shape index (κ2) is 39.4. The van der Waals surface area contributed by atoms with Gasteiger partial charge in [0.1, 0.15) is 11.8 Å².